The summed E-state index contributed by atoms with van der Waals surface area (Å²) in [5.41, 5.74) is 0.739. The third-order valence-electron chi connectivity index (χ3n) is 3.96. The smallest absolute Gasteiger partial charge is 0.328 e. The van der Waals surface area contributed by atoms with E-state index in [0.717, 1.165) is 31.9 Å². The minimum atomic E-state index is -0.713. The highest BCUT2D eigenvalue weighted by Gasteiger charge is 2.24. The number of amides is 1. The van der Waals surface area contributed by atoms with Crippen LogP contribution in [0.3, 0.4) is 0 Å². The van der Waals surface area contributed by atoms with E-state index in [1.165, 1.54) is 7.11 Å². The van der Waals surface area contributed by atoms with Crippen LogP contribution < -0.4 is 5.32 Å². The van der Waals surface area contributed by atoms with Crippen molar-refractivity contribution < 1.29 is 14.3 Å². The summed E-state index contributed by atoms with van der Waals surface area (Å²) in [5, 5.41) is 2.77. The van der Waals surface area contributed by atoms with E-state index < -0.39 is 12.0 Å². The van der Waals surface area contributed by atoms with Crippen LogP contribution in [0.1, 0.15) is 5.69 Å². The summed E-state index contributed by atoms with van der Waals surface area (Å²) in [6.07, 6.45) is 3.81. The minimum absolute atomic E-state index is 0.166. The number of carbonyl (C=O) groups is 2. The Hall–Kier alpha value is -1.93. The highest BCUT2D eigenvalue weighted by atomic mass is 16.5. The molecule has 8 heteroatoms. The van der Waals surface area contributed by atoms with E-state index in [9.17, 15) is 9.59 Å². The molecule has 1 aromatic rings. The molecule has 1 atom stereocenters. The number of methoxy groups -OCH3 is 1. The van der Waals surface area contributed by atoms with Gasteiger partial charge in [-0.2, -0.15) is 0 Å². The number of likely N-dealkylation sites (N-methyl/N-ethyl adjacent to an activating group) is 1. The van der Waals surface area contributed by atoms with Crippen LogP contribution in [0.5, 0.6) is 0 Å². The molecule has 2 rings (SSSR count). The Labute approximate surface area is 136 Å². The SMILES string of the molecule is COC(=O)[C@H](Cc1cn(C)cn1)NC(=O)CN1CCN(C)CC1. The maximum atomic E-state index is 12.2. The number of nitrogens with zero attached hydrogens (tertiary/aromatic N) is 4. The quantitative estimate of drug-likeness (QED) is 0.667. The number of esters is 1. The van der Waals surface area contributed by atoms with E-state index in [1.807, 2.05) is 13.2 Å². The lowest BCUT2D eigenvalue weighted by molar-refractivity contribution is -0.145. The van der Waals surface area contributed by atoms with Crippen molar-refractivity contribution in [2.24, 2.45) is 7.05 Å². The van der Waals surface area contributed by atoms with Crippen molar-refractivity contribution in [3.63, 3.8) is 0 Å². The lowest BCUT2D eigenvalue weighted by Crippen LogP contribution is -2.51. The summed E-state index contributed by atoms with van der Waals surface area (Å²) < 4.78 is 6.59. The zero-order valence-corrected chi connectivity index (χ0v) is 14.0. The van der Waals surface area contributed by atoms with Gasteiger partial charge in [0.2, 0.25) is 5.91 Å². The first kappa shape index (κ1) is 17.4. The second kappa shape index (κ2) is 8.07. The molecule has 1 N–H and O–H groups in total. The monoisotopic (exact) mass is 323 g/mol. The third kappa shape index (κ3) is 5.33. The van der Waals surface area contributed by atoms with Crippen molar-refractivity contribution in [2.45, 2.75) is 12.5 Å². The standard InChI is InChI=1S/C15H25N5O3/c1-18-4-6-20(7-5-18)10-14(21)17-13(15(22)23-3)8-12-9-19(2)11-16-12/h9,11,13H,4-8,10H2,1-3H3,(H,17,21)/t13-/m0/s1. The zero-order chi connectivity index (χ0) is 16.8. The van der Waals surface area contributed by atoms with Gasteiger partial charge in [-0.1, -0.05) is 0 Å². The van der Waals surface area contributed by atoms with Gasteiger partial charge in [0.15, 0.2) is 0 Å². The molecule has 0 spiro atoms. The van der Waals surface area contributed by atoms with E-state index in [0.29, 0.717) is 13.0 Å². The first-order chi connectivity index (χ1) is 11.0. The molecule has 0 aliphatic carbocycles. The summed E-state index contributed by atoms with van der Waals surface area (Å²) in [5.74, 6) is -0.622. The molecule has 1 aliphatic rings. The first-order valence-electron chi connectivity index (χ1n) is 7.73. The molecule has 1 amide bonds. The Morgan fingerprint density at radius 2 is 2.00 bits per heavy atom. The Balaban J connectivity index is 1.89. The van der Waals surface area contributed by atoms with E-state index >= 15 is 0 Å². The van der Waals surface area contributed by atoms with Crippen molar-refractivity contribution in [3.8, 4) is 0 Å². The molecule has 1 saturated heterocycles. The van der Waals surface area contributed by atoms with Crippen LogP contribution in [0, 0.1) is 0 Å². The van der Waals surface area contributed by atoms with Crippen LogP contribution in [-0.2, 0) is 27.8 Å². The molecule has 1 aromatic heterocycles. The number of piperazine rings is 1. The molecule has 0 bridgehead atoms. The fourth-order valence-corrected chi connectivity index (χ4v) is 2.57. The van der Waals surface area contributed by atoms with Crippen LogP contribution in [0.4, 0.5) is 0 Å². The topological polar surface area (TPSA) is 79.7 Å². The molecule has 23 heavy (non-hydrogen) atoms. The molecule has 2 heterocycles. The fraction of sp³-hybridized carbons (Fsp3) is 0.667. The molecule has 1 fully saturated rings. The molecule has 0 aromatic carbocycles. The number of nitrogens with one attached hydrogen (secondary N) is 1. The first-order valence-corrected chi connectivity index (χ1v) is 7.73. The number of hydrogen-bond acceptors (Lipinski definition) is 6. The molecular formula is C15H25N5O3. The second-order valence-corrected chi connectivity index (χ2v) is 5.96. The van der Waals surface area contributed by atoms with Gasteiger partial charge >= 0.3 is 5.97 Å². The van der Waals surface area contributed by atoms with Crippen molar-refractivity contribution in [2.75, 3.05) is 46.9 Å². The Bertz CT molecular complexity index is 537. The van der Waals surface area contributed by atoms with E-state index in [2.05, 4.69) is 27.1 Å². The van der Waals surface area contributed by atoms with Crippen molar-refractivity contribution in [1.29, 1.82) is 0 Å². The highest BCUT2D eigenvalue weighted by molar-refractivity contribution is 5.85. The van der Waals surface area contributed by atoms with Gasteiger partial charge in [0.1, 0.15) is 6.04 Å². The molecule has 0 radical (unpaired) electrons. The zero-order valence-electron chi connectivity index (χ0n) is 14.0. The van der Waals surface area contributed by atoms with E-state index in [-0.39, 0.29) is 5.91 Å². The summed E-state index contributed by atoms with van der Waals surface area (Å²) in [6, 6.07) is -0.713. The number of aryl methyl sites for hydroxylation is 1. The van der Waals surface area contributed by atoms with Gasteiger partial charge < -0.3 is 19.5 Å². The van der Waals surface area contributed by atoms with Gasteiger partial charge in [0, 0.05) is 45.8 Å². The number of rotatable bonds is 6. The van der Waals surface area contributed by atoms with Gasteiger partial charge in [0.05, 0.1) is 25.7 Å². The molecular weight excluding hydrogens is 298 g/mol. The van der Waals surface area contributed by atoms with Gasteiger partial charge in [0.25, 0.3) is 0 Å². The number of imidazole rings is 1. The number of carbonyl (C=O) groups excluding carboxylic acids is 2. The average molecular weight is 323 g/mol. The second-order valence-electron chi connectivity index (χ2n) is 5.96. The van der Waals surface area contributed by atoms with Crippen LogP contribution in [0.2, 0.25) is 0 Å². The molecule has 0 saturated carbocycles. The molecule has 0 unspecified atom stereocenters. The lowest BCUT2D eigenvalue weighted by atomic mass is 10.1. The minimum Gasteiger partial charge on any atom is -0.467 e. The van der Waals surface area contributed by atoms with Gasteiger partial charge in [-0.05, 0) is 7.05 Å². The number of ether oxygens (including phenoxy) is 1. The maximum absolute atomic E-state index is 12.2. The van der Waals surface area contributed by atoms with E-state index in [4.69, 9.17) is 4.74 Å². The maximum Gasteiger partial charge on any atom is 0.328 e. The van der Waals surface area contributed by atoms with Crippen molar-refractivity contribution in [3.05, 3.63) is 18.2 Å². The van der Waals surface area contributed by atoms with Gasteiger partial charge in [-0.3, -0.25) is 9.69 Å². The normalized spacial score (nSPS) is 17.7. The summed E-state index contributed by atoms with van der Waals surface area (Å²) in [4.78, 5) is 32.6. The Kier molecular flexibility index (Phi) is 6.12. The number of hydrogen-bond donors (Lipinski definition) is 1. The number of aromatic nitrogens is 2. The third-order valence-corrected chi connectivity index (χ3v) is 3.96. The largest absolute Gasteiger partial charge is 0.467 e. The van der Waals surface area contributed by atoms with Crippen molar-refractivity contribution in [1.82, 2.24) is 24.7 Å². The van der Waals surface area contributed by atoms with Crippen LogP contribution in [0.15, 0.2) is 12.5 Å². The van der Waals surface area contributed by atoms with E-state index in [1.54, 1.807) is 10.9 Å². The van der Waals surface area contributed by atoms with Crippen LogP contribution >= 0.6 is 0 Å². The van der Waals surface area contributed by atoms with Crippen molar-refractivity contribution >= 4 is 11.9 Å². The summed E-state index contributed by atoms with van der Waals surface area (Å²) in [7, 11) is 5.24. The average Bonchev–Trinajstić information content (AvgIpc) is 2.93. The van der Waals surface area contributed by atoms with Gasteiger partial charge in [-0.25, -0.2) is 9.78 Å². The lowest BCUT2D eigenvalue weighted by Gasteiger charge is -2.32. The highest BCUT2D eigenvalue weighted by Crippen LogP contribution is 2.03. The molecule has 1 aliphatic heterocycles. The Morgan fingerprint density at radius 3 is 2.57 bits per heavy atom. The summed E-state index contributed by atoms with van der Waals surface area (Å²) in [6.45, 7) is 3.90. The fourth-order valence-electron chi connectivity index (χ4n) is 2.57. The van der Waals surface area contributed by atoms with Crippen LogP contribution in [0.25, 0.3) is 0 Å². The molecule has 128 valence electrons. The van der Waals surface area contributed by atoms with Crippen LogP contribution in [-0.4, -0.2) is 84.2 Å². The Morgan fingerprint density at radius 1 is 1.30 bits per heavy atom. The summed E-state index contributed by atoms with van der Waals surface area (Å²) >= 11 is 0. The predicted octanol–water partition coefficient (Wildman–Crippen LogP) is -1.13. The van der Waals surface area contributed by atoms with Gasteiger partial charge in [-0.15, -0.1) is 0 Å². The predicted molar refractivity (Wildman–Crippen MR) is 84.8 cm³/mol. The molecule has 8 nitrogen and oxygen atoms in total.